The lowest BCUT2D eigenvalue weighted by atomic mass is 10.1. The van der Waals surface area contributed by atoms with Crippen LogP contribution < -0.4 is 15.2 Å². The summed E-state index contributed by atoms with van der Waals surface area (Å²) in [6, 6.07) is 13.9. The molecule has 0 radical (unpaired) electrons. The van der Waals surface area contributed by atoms with Crippen LogP contribution in [0.4, 0.5) is 0 Å². The first-order valence-electron chi connectivity index (χ1n) is 6.89. The number of nitrogens with two attached hydrogens (primary N) is 1. The molecule has 0 saturated heterocycles. The highest BCUT2D eigenvalue weighted by Crippen LogP contribution is 2.25. The third-order valence-corrected chi connectivity index (χ3v) is 3.92. The number of halogens is 1. The molecule has 0 aliphatic rings. The lowest BCUT2D eigenvalue weighted by Crippen LogP contribution is -2.18. The van der Waals surface area contributed by atoms with Gasteiger partial charge in [-0.05, 0) is 43.2 Å². The number of ether oxygens (including phenoxy) is 2. The van der Waals surface area contributed by atoms with E-state index in [1.54, 1.807) is 7.11 Å². The van der Waals surface area contributed by atoms with E-state index in [0.29, 0.717) is 6.61 Å². The van der Waals surface area contributed by atoms with Gasteiger partial charge in [-0.3, -0.25) is 0 Å². The predicted molar refractivity (Wildman–Crippen MR) is 88.8 cm³/mol. The molecule has 0 heterocycles. The van der Waals surface area contributed by atoms with E-state index in [9.17, 15) is 0 Å². The molecular formula is C17H20BrNO2. The summed E-state index contributed by atoms with van der Waals surface area (Å²) in [7, 11) is 1.67. The maximum Gasteiger partial charge on any atom is 0.125 e. The van der Waals surface area contributed by atoms with Crippen molar-refractivity contribution in [2.24, 2.45) is 5.73 Å². The molecule has 0 spiro atoms. The van der Waals surface area contributed by atoms with Crippen LogP contribution in [-0.2, 0) is 13.0 Å². The molecule has 21 heavy (non-hydrogen) atoms. The highest BCUT2D eigenvalue weighted by Gasteiger charge is 2.07. The molecule has 1 unspecified atom stereocenters. The summed E-state index contributed by atoms with van der Waals surface area (Å²) in [4.78, 5) is 0. The van der Waals surface area contributed by atoms with Crippen LogP contribution in [0.2, 0.25) is 0 Å². The van der Waals surface area contributed by atoms with Gasteiger partial charge < -0.3 is 15.2 Å². The molecule has 0 aliphatic carbocycles. The first-order chi connectivity index (χ1) is 10.1. The fourth-order valence-electron chi connectivity index (χ4n) is 2.13. The van der Waals surface area contributed by atoms with E-state index in [1.807, 2.05) is 49.4 Å². The summed E-state index contributed by atoms with van der Waals surface area (Å²) in [5.41, 5.74) is 8.05. The number of para-hydroxylation sites is 1. The normalized spacial score (nSPS) is 12.0. The van der Waals surface area contributed by atoms with Gasteiger partial charge >= 0.3 is 0 Å². The SMILES string of the molecule is COc1ccccc1COc1ccc(Br)c(CC(C)N)c1. The fourth-order valence-corrected chi connectivity index (χ4v) is 2.54. The van der Waals surface area contributed by atoms with Crippen LogP contribution in [-0.4, -0.2) is 13.2 Å². The summed E-state index contributed by atoms with van der Waals surface area (Å²) in [6.07, 6.45) is 0.812. The van der Waals surface area contributed by atoms with Gasteiger partial charge in [0, 0.05) is 16.1 Å². The quantitative estimate of drug-likeness (QED) is 0.859. The average molecular weight is 350 g/mol. The van der Waals surface area contributed by atoms with Gasteiger partial charge in [0.15, 0.2) is 0 Å². The molecule has 2 aromatic carbocycles. The van der Waals surface area contributed by atoms with Crippen molar-refractivity contribution in [2.45, 2.75) is 26.0 Å². The maximum atomic E-state index is 5.87. The smallest absolute Gasteiger partial charge is 0.125 e. The van der Waals surface area contributed by atoms with Gasteiger partial charge in [-0.25, -0.2) is 0 Å². The molecule has 2 N–H and O–H groups in total. The molecule has 0 aliphatic heterocycles. The highest BCUT2D eigenvalue weighted by molar-refractivity contribution is 9.10. The number of hydrogen-bond acceptors (Lipinski definition) is 3. The zero-order valence-corrected chi connectivity index (χ0v) is 13.9. The van der Waals surface area contributed by atoms with Gasteiger partial charge in [0.25, 0.3) is 0 Å². The summed E-state index contributed by atoms with van der Waals surface area (Å²) in [5, 5.41) is 0. The number of methoxy groups -OCH3 is 1. The minimum atomic E-state index is 0.116. The molecule has 0 saturated carbocycles. The summed E-state index contributed by atoms with van der Waals surface area (Å²) in [5.74, 6) is 1.67. The second-order valence-electron chi connectivity index (χ2n) is 5.04. The molecule has 1 atom stereocenters. The molecule has 0 amide bonds. The van der Waals surface area contributed by atoms with Crippen LogP contribution in [0.5, 0.6) is 11.5 Å². The van der Waals surface area contributed by atoms with Crippen molar-refractivity contribution >= 4 is 15.9 Å². The maximum absolute atomic E-state index is 5.87. The van der Waals surface area contributed by atoms with Crippen LogP contribution in [0.15, 0.2) is 46.9 Å². The van der Waals surface area contributed by atoms with Crippen LogP contribution in [0, 0.1) is 0 Å². The van der Waals surface area contributed by atoms with E-state index < -0.39 is 0 Å². The largest absolute Gasteiger partial charge is 0.496 e. The second-order valence-corrected chi connectivity index (χ2v) is 5.89. The van der Waals surface area contributed by atoms with Crippen molar-refractivity contribution in [3.8, 4) is 11.5 Å². The molecule has 0 aromatic heterocycles. The van der Waals surface area contributed by atoms with E-state index in [0.717, 1.165) is 33.5 Å². The zero-order valence-electron chi connectivity index (χ0n) is 12.3. The zero-order chi connectivity index (χ0) is 15.2. The van der Waals surface area contributed by atoms with Gasteiger partial charge in [-0.15, -0.1) is 0 Å². The van der Waals surface area contributed by atoms with Gasteiger partial charge in [-0.2, -0.15) is 0 Å². The van der Waals surface area contributed by atoms with E-state index in [1.165, 1.54) is 0 Å². The molecular weight excluding hydrogens is 330 g/mol. The molecule has 4 heteroatoms. The summed E-state index contributed by atoms with van der Waals surface area (Å²) >= 11 is 3.55. The third kappa shape index (κ3) is 4.48. The Bertz CT molecular complexity index is 599. The Balaban J connectivity index is 2.09. The van der Waals surface area contributed by atoms with Crippen molar-refractivity contribution in [1.29, 1.82) is 0 Å². The van der Waals surface area contributed by atoms with Gasteiger partial charge in [0.05, 0.1) is 7.11 Å². The standard InChI is InChI=1S/C17H20BrNO2/c1-12(19)9-14-10-15(7-8-16(14)18)21-11-13-5-3-4-6-17(13)20-2/h3-8,10,12H,9,11,19H2,1-2H3. The molecule has 2 rings (SSSR count). The molecule has 0 bridgehead atoms. The van der Waals surface area contributed by atoms with E-state index in [2.05, 4.69) is 15.9 Å². The molecule has 0 fully saturated rings. The van der Waals surface area contributed by atoms with Gasteiger partial charge in [0.2, 0.25) is 0 Å². The topological polar surface area (TPSA) is 44.5 Å². The summed E-state index contributed by atoms with van der Waals surface area (Å²) < 4.78 is 12.3. The Morgan fingerprint density at radius 1 is 1.14 bits per heavy atom. The number of hydrogen-bond donors (Lipinski definition) is 1. The lowest BCUT2D eigenvalue weighted by Gasteiger charge is -2.13. The van der Waals surface area contributed by atoms with Crippen molar-refractivity contribution in [2.75, 3.05) is 7.11 Å². The predicted octanol–water partition coefficient (Wildman–Crippen LogP) is 3.93. The average Bonchev–Trinajstić information content (AvgIpc) is 2.48. The lowest BCUT2D eigenvalue weighted by molar-refractivity contribution is 0.296. The van der Waals surface area contributed by atoms with Crippen molar-refractivity contribution in [3.05, 3.63) is 58.1 Å². The minimum absolute atomic E-state index is 0.116. The number of benzene rings is 2. The van der Waals surface area contributed by atoms with Crippen LogP contribution in [0.1, 0.15) is 18.1 Å². The third-order valence-electron chi connectivity index (χ3n) is 3.15. The monoisotopic (exact) mass is 349 g/mol. The molecule has 2 aromatic rings. The van der Waals surface area contributed by atoms with E-state index in [-0.39, 0.29) is 6.04 Å². The Labute approximate surface area is 134 Å². The Morgan fingerprint density at radius 3 is 2.62 bits per heavy atom. The first kappa shape index (κ1) is 15.9. The van der Waals surface area contributed by atoms with Crippen LogP contribution in [0.3, 0.4) is 0 Å². The first-order valence-corrected chi connectivity index (χ1v) is 7.68. The Morgan fingerprint density at radius 2 is 1.90 bits per heavy atom. The van der Waals surface area contributed by atoms with Crippen molar-refractivity contribution in [3.63, 3.8) is 0 Å². The van der Waals surface area contributed by atoms with Crippen LogP contribution >= 0.6 is 15.9 Å². The van der Waals surface area contributed by atoms with E-state index >= 15 is 0 Å². The highest BCUT2D eigenvalue weighted by atomic mass is 79.9. The summed E-state index contributed by atoms with van der Waals surface area (Å²) in [6.45, 7) is 2.47. The molecule has 112 valence electrons. The van der Waals surface area contributed by atoms with Crippen LogP contribution in [0.25, 0.3) is 0 Å². The van der Waals surface area contributed by atoms with Crippen molar-refractivity contribution in [1.82, 2.24) is 0 Å². The number of rotatable bonds is 6. The minimum Gasteiger partial charge on any atom is -0.496 e. The second kappa shape index (κ2) is 7.48. The fraction of sp³-hybridized carbons (Fsp3) is 0.294. The Kier molecular flexibility index (Phi) is 5.65. The Hall–Kier alpha value is -1.52. The van der Waals surface area contributed by atoms with Crippen molar-refractivity contribution < 1.29 is 9.47 Å². The van der Waals surface area contributed by atoms with Gasteiger partial charge in [0.1, 0.15) is 18.1 Å². The van der Waals surface area contributed by atoms with Gasteiger partial charge in [-0.1, -0.05) is 34.1 Å². The van der Waals surface area contributed by atoms with E-state index in [4.69, 9.17) is 15.2 Å². The molecule has 3 nitrogen and oxygen atoms in total.